The highest BCUT2D eigenvalue weighted by atomic mass is 19.4. The zero-order valence-electron chi connectivity index (χ0n) is 15.5. The number of aryl methyl sites for hydroxylation is 1. The van der Waals surface area contributed by atoms with E-state index in [4.69, 9.17) is 4.74 Å². The van der Waals surface area contributed by atoms with E-state index in [-0.39, 0.29) is 12.0 Å². The number of amides is 1. The number of rotatable bonds is 3. The van der Waals surface area contributed by atoms with Crippen molar-refractivity contribution in [2.45, 2.75) is 25.4 Å². The van der Waals surface area contributed by atoms with Crippen LogP contribution in [0.5, 0.6) is 5.88 Å². The van der Waals surface area contributed by atoms with Gasteiger partial charge in [0, 0.05) is 24.0 Å². The van der Waals surface area contributed by atoms with E-state index in [1.807, 2.05) is 0 Å². The number of nitrogens with one attached hydrogen (secondary N) is 1. The summed E-state index contributed by atoms with van der Waals surface area (Å²) >= 11 is 0. The number of hydrogen-bond donors (Lipinski definition) is 1. The largest absolute Gasteiger partial charge is 0.480 e. The van der Waals surface area contributed by atoms with Crippen molar-refractivity contribution in [2.75, 3.05) is 12.4 Å². The molecule has 10 heteroatoms. The van der Waals surface area contributed by atoms with Gasteiger partial charge in [0.15, 0.2) is 5.82 Å². The van der Waals surface area contributed by atoms with Crippen molar-refractivity contribution in [1.29, 1.82) is 0 Å². The maximum absolute atomic E-state index is 13.6. The Kier molecular flexibility index (Phi) is 4.48. The SMILES string of the molecule is COc1ccc(-n2nc(C)c3c2NC(=O)CC3c2ccccc2C(F)(F)F)nn1. The summed E-state index contributed by atoms with van der Waals surface area (Å²) in [7, 11) is 1.45. The average molecular weight is 403 g/mol. The van der Waals surface area contributed by atoms with Gasteiger partial charge < -0.3 is 10.1 Å². The topological polar surface area (TPSA) is 81.9 Å². The predicted octanol–water partition coefficient (Wildman–Crippen LogP) is 3.47. The maximum Gasteiger partial charge on any atom is 0.416 e. The Morgan fingerprint density at radius 2 is 1.93 bits per heavy atom. The van der Waals surface area contributed by atoms with Crippen LogP contribution in [0.3, 0.4) is 0 Å². The molecule has 0 fully saturated rings. The number of hydrogen-bond acceptors (Lipinski definition) is 5. The molecule has 1 amide bonds. The number of aromatic nitrogens is 4. The summed E-state index contributed by atoms with van der Waals surface area (Å²) < 4.78 is 47.1. The first-order valence-corrected chi connectivity index (χ1v) is 8.73. The quantitative estimate of drug-likeness (QED) is 0.724. The second kappa shape index (κ2) is 6.87. The minimum absolute atomic E-state index is 0.0413. The molecule has 7 nitrogen and oxygen atoms in total. The summed E-state index contributed by atoms with van der Waals surface area (Å²) in [5, 5.41) is 15.0. The van der Waals surface area contributed by atoms with Crippen LogP contribution in [0, 0.1) is 6.92 Å². The van der Waals surface area contributed by atoms with Crippen molar-refractivity contribution < 1.29 is 22.7 Å². The Hall–Kier alpha value is -3.43. The Morgan fingerprint density at radius 1 is 1.17 bits per heavy atom. The number of methoxy groups -OCH3 is 1. The van der Waals surface area contributed by atoms with Crippen LogP contribution in [-0.4, -0.2) is 33.0 Å². The third kappa shape index (κ3) is 3.30. The normalized spacial score (nSPS) is 16.3. The van der Waals surface area contributed by atoms with E-state index >= 15 is 0 Å². The van der Waals surface area contributed by atoms with Crippen LogP contribution in [0.2, 0.25) is 0 Å². The highest BCUT2D eigenvalue weighted by Gasteiger charge is 2.39. The molecule has 2 aromatic heterocycles. The molecule has 1 aromatic carbocycles. The zero-order valence-corrected chi connectivity index (χ0v) is 15.5. The molecule has 1 atom stereocenters. The van der Waals surface area contributed by atoms with Gasteiger partial charge in [-0.1, -0.05) is 18.2 Å². The van der Waals surface area contributed by atoms with Gasteiger partial charge in [-0.05, 0) is 24.6 Å². The maximum atomic E-state index is 13.6. The van der Waals surface area contributed by atoms with Crippen molar-refractivity contribution in [1.82, 2.24) is 20.0 Å². The van der Waals surface area contributed by atoms with Crippen LogP contribution < -0.4 is 10.1 Å². The van der Waals surface area contributed by atoms with Gasteiger partial charge in [0.2, 0.25) is 11.8 Å². The number of carbonyl (C=O) groups excluding carboxylic acids is 1. The van der Waals surface area contributed by atoms with Gasteiger partial charge in [-0.3, -0.25) is 4.79 Å². The van der Waals surface area contributed by atoms with Gasteiger partial charge in [-0.2, -0.15) is 23.0 Å². The summed E-state index contributed by atoms with van der Waals surface area (Å²) in [6.07, 6.45) is -4.64. The van der Waals surface area contributed by atoms with Crippen molar-refractivity contribution in [3.63, 3.8) is 0 Å². The van der Waals surface area contributed by atoms with Gasteiger partial charge in [0.25, 0.3) is 0 Å². The third-order valence-electron chi connectivity index (χ3n) is 4.80. The second-order valence-corrected chi connectivity index (χ2v) is 6.58. The lowest BCUT2D eigenvalue weighted by atomic mass is 9.83. The summed E-state index contributed by atoms with van der Waals surface area (Å²) in [4.78, 5) is 12.4. The predicted molar refractivity (Wildman–Crippen MR) is 97.0 cm³/mol. The van der Waals surface area contributed by atoms with E-state index in [0.717, 1.165) is 6.07 Å². The summed E-state index contributed by atoms with van der Waals surface area (Å²) in [6.45, 7) is 1.69. The number of fused-ring (bicyclic) bond motifs is 1. The van der Waals surface area contributed by atoms with Gasteiger partial charge in [-0.25, -0.2) is 0 Å². The van der Waals surface area contributed by atoms with Gasteiger partial charge >= 0.3 is 6.18 Å². The zero-order chi connectivity index (χ0) is 20.8. The van der Waals surface area contributed by atoms with E-state index in [9.17, 15) is 18.0 Å². The fourth-order valence-electron chi connectivity index (χ4n) is 3.57. The molecule has 3 heterocycles. The van der Waals surface area contributed by atoms with Crippen LogP contribution >= 0.6 is 0 Å². The summed E-state index contributed by atoms with van der Waals surface area (Å²) in [5.41, 5.74) is 0.306. The highest BCUT2D eigenvalue weighted by Crippen LogP contribution is 2.44. The van der Waals surface area contributed by atoms with Crippen LogP contribution in [0.1, 0.15) is 34.7 Å². The molecule has 0 radical (unpaired) electrons. The Morgan fingerprint density at radius 3 is 2.59 bits per heavy atom. The first-order chi connectivity index (χ1) is 13.8. The molecule has 0 aliphatic carbocycles. The number of carbonyl (C=O) groups is 1. The number of anilines is 1. The van der Waals surface area contributed by atoms with Crippen LogP contribution in [-0.2, 0) is 11.0 Å². The van der Waals surface area contributed by atoms with Gasteiger partial charge in [0.1, 0.15) is 5.82 Å². The molecule has 0 saturated heterocycles. The minimum atomic E-state index is -4.53. The lowest BCUT2D eigenvalue weighted by Gasteiger charge is -2.26. The molecular formula is C19H16F3N5O2. The van der Waals surface area contributed by atoms with E-state index < -0.39 is 23.6 Å². The van der Waals surface area contributed by atoms with Crippen molar-refractivity contribution in [3.05, 3.63) is 58.8 Å². The molecule has 0 bridgehead atoms. The summed E-state index contributed by atoms with van der Waals surface area (Å²) in [5.74, 6) is -0.286. The standard InChI is InChI=1S/C19H16F3N5O2/c1-10-17-12(11-5-3-4-6-13(11)19(20,21)22)9-15(28)23-18(17)27(26-10)14-7-8-16(29-2)25-24-14/h3-8,12H,9H2,1-2H3,(H,23,28). The van der Waals surface area contributed by atoms with E-state index in [0.29, 0.717) is 28.8 Å². The van der Waals surface area contributed by atoms with E-state index in [2.05, 4.69) is 20.6 Å². The fourth-order valence-corrected chi connectivity index (χ4v) is 3.57. The second-order valence-electron chi connectivity index (χ2n) is 6.58. The molecule has 29 heavy (non-hydrogen) atoms. The van der Waals surface area contributed by atoms with Crippen LogP contribution in [0.4, 0.5) is 19.0 Å². The van der Waals surface area contributed by atoms with Crippen molar-refractivity contribution in [2.24, 2.45) is 0 Å². The van der Waals surface area contributed by atoms with E-state index in [1.54, 1.807) is 19.1 Å². The Labute approximate surface area is 163 Å². The van der Waals surface area contributed by atoms with Crippen molar-refractivity contribution >= 4 is 11.7 Å². The lowest BCUT2D eigenvalue weighted by molar-refractivity contribution is -0.138. The molecule has 150 valence electrons. The Balaban J connectivity index is 1.87. The molecule has 1 unspecified atom stereocenters. The molecule has 1 N–H and O–H groups in total. The molecule has 0 saturated carbocycles. The molecule has 1 aliphatic rings. The Bertz CT molecular complexity index is 1080. The smallest absolute Gasteiger partial charge is 0.416 e. The number of halogens is 3. The monoisotopic (exact) mass is 403 g/mol. The molecule has 3 aromatic rings. The number of alkyl halides is 3. The third-order valence-corrected chi connectivity index (χ3v) is 4.80. The van der Waals surface area contributed by atoms with Crippen LogP contribution in [0.15, 0.2) is 36.4 Å². The molecule has 0 spiro atoms. The van der Waals surface area contributed by atoms with Crippen molar-refractivity contribution in [3.8, 4) is 11.7 Å². The van der Waals surface area contributed by atoms with Crippen LogP contribution in [0.25, 0.3) is 5.82 Å². The molecule has 4 rings (SSSR count). The highest BCUT2D eigenvalue weighted by molar-refractivity contribution is 5.95. The number of benzene rings is 1. The minimum Gasteiger partial charge on any atom is -0.480 e. The van der Waals surface area contributed by atoms with E-state index in [1.165, 1.54) is 30.0 Å². The number of ether oxygens (including phenoxy) is 1. The fraction of sp³-hybridized carbons (Fsp3) is 0.263. The first kappa shape index (κ1) is 18.9. The average Bonchev–Trinajstić information content (AvgIpc) is 3.03. The van der Waals surface area contributed by atoms with Gasteiger partial charge in [0.05, 0.1) is 18.4 Å². The number of nitrogens with zero attached hydrogens (tertiary/aromatic N) is 4. The summed E-state index contributed by atoms with van der Waals surface area (Å²) in [6, 6.07) is 8.46. The molecule has 1 aliphatic heterocycles. The molecular weight excluding hydrogens is 387 g/mol. The first-order valence-electron chi connectivity index (χ1n) is 8.73. The lowest BCUT2D eigenvalue weighted by Crippen LogP contribution is -2.26. The van der Waals surface area contributed by atoms with Gasteiger partial charge in [-0.15, -0.1) is 10.2 Å².